The van der Waals surface area contributed by atoms with Crippen molar-refractivity contribution in [2.75, 3.05) is 18.4 Å². The van der Waals surface area contributed by atoms with E-state index in [1.807, 2.05) is 25.1 Å². The van der Waals surface area contributed by atoms with Gasteiger partial charge in [-0.05, 0) is 44.5 Å². The van der Waals surface area contributed by atoms with Crippen molar-refractivity contribution >= 4 is 22.6 Å². The van der Waals surface area contributed by atoms with E-state index in [0.29, 0.717) is 0 Å². The van der Waals surface area contributed by atoms with Crippen LogP contribution in [0.4, 0.5) is 5.69 Å². The maximum Gasteiger partial charge on any atom is 0.231 e. The fourth-order valence-electron chi connectivity index (χ4n) is 2.57. The molecule has 1 amide bonds. The number of hydrogen-bond acceptors (Lipinski definition) is 4. The van der Waals surface area contributed by atoms with Crippen LogP contribution < -0.4 is 10.6 Å². The highest BCUT2D eigenvalue weighted by atomic mass is 16.2. The largest absolute Gasteiger partial charge is 0.325 e. The van der Waals surface area contributed by atoms with Crippen molar-refractivity contribution in [2.24, 2.45) is 5.41 Å². The molecule has 1 unspecified atom stereocenters. The van der Waals surface area contributed by atoms with Crippen LogP contribution in [0.15, 0.2) is 30.6 Å². The molecule has 104 valence electrons. The molecule has 0 aliphatic carbocycles. The molecule has 5 nitrogen and oxygen atoms in total. The van der Waals surface area contributed by atoms with Crippen LogP contribution in [0.2, 0.25) is 0 Å². The lowest BCUT2D eigenvalue weighted by molar-refractivity contribution is -0.125. The summed E-state index contributed by atoms with van der Waals surface area (Å²) in [5, 5.41) is 6.29. The third-order valence-electron chi connectivity index (χ3n) is 3.87. The summed E-state index contributed by atoms with van der Waals surface area (Å²) in [7, 11) is 0. The number of rotatable bonds is 2. The van der Waals surface area contributed by atoms with Gasteiger partial charge >= 0.3 is 0 Å². The van der Waals surface area contributed by atoms with E-state index in [2.05, 4.69) is 20.6 Å². The minimum absolute atomic E-state index is 0.0629. The SMILES string of the molecule is CC1(C(=O)Nc2ccc3nccnc3c2)CCCNC1. The van der Waals surface area contributed by atoms with Gasteiger partial charge in [-0.2, -0.15) is 0 Å². The van der Waals surface area contributed by atoms with Crippen LogP contribution in [-0.2, 0) is 4.79 Å². The van der Waals surface area contributed by atoms with Gasteiger partial charge in [0.1, 0.15) is 0 Å². The fraction of sp³-hybridized carbons (Fsp3) is 0.400. The molecule has 2 heterocycles. The van der Waals surface area contributed by atoms with Crippen LogP contribution in [0.1, 0.15) is 19.8 Å². The molecule has 0 bridgehead atoms. The van der Waals surface area contributed by atoms with Crippen LogP contribution in [-0.4, -0.2) is 29.0 Å². The zero-order valence-corrected chi connectivity index (χ0v) is 11.5. The molecule has 0 saturated carbocycles. The number of aromatic nitrogens is 2. The van der Waals surface area contributed by atoms with Crippen molar-refractivity contribution in [2.45, 2.75) is 19.8 Å². The Balaban J connectivity index is 1.80. The Hall–Kier alpha value is -2.01. The van der Waals surface area contributed by atoms with Gasteiger partial charge in [-0.25, -0.2) is 0 Å². The lowest BCUT2D eigenvalue weighted by atomic mass is 9.82. The zero-order chi connectivity index (χ0) is 14.0. The van der Waals surface area contributed by atoms with Gasteiger partial charge in [0.15, 0.2) is 0 Å². The van der Waals surface area contributed by atoms with Gasteiger partial charge in [-0.15, -0.1) is 0 Å². The zero-order valence-electron chi connectivity index (χ0n) is 11.5. The van der Waals surface area contributed by atoms with Crippen molar-refractivity contribution in [3.05, 3.63) is 30.6 Å². The molecule has 1 aliphatic heterocycles. The number of anilines is 1. The summed E-state index contributed by atoms with van der Waals surface area (Å²) in [6.07, 6.45) is 5.27. The third kappa shape index (κ3) is 2.49. The molecule has 1 aliphatic rings. The normalized spacial score (nSPS) is 22.6. The van der Waals surface area contributed by atoms with Crippen molar-refractivity contribution in [1.29, 1.82) is 0 Å². The van der Waals surface area contributed by atoms with E-state index in [-0.39, 0.29) is 11.3 Å². The van der Waals surface area contributed by atoms with Crippen molar-refractivity contribution in [3.8, 4) is 0 Å². The van der Waals surface area contributed by atoms with E-state index < -0.39 is 0 Å². The number of amides is 1. The molecule has 1 atom stereocenters. The Morgan fingerprint density at radius 3 is 2.85 bits per heavy atom. The van der Waals surface area contributed by atoms with E-state index in [4.69, 9.17) is 0 Å². The van der Waals surface area contributed by atoms with Gasteiger partial charge in [0.2, 0.25) is 5.91 Å². The Morgan fingerprint density at radius 1 is 1.30 bits per heavy atom. The second kappa shape index (κ2) is 5.17. The second-order valence-electron chi connectivity index (χ2n) is 5.55. The standard InChI is InChI=1S/C15H18N4O/c1-15(5-2-6-16-10-15)14(20)19-11-3-4-12-13(9-11)18-8-7-17-12/h3-4,7-9,16H,2,5-6,10H2,1H3,(H,19,20). The average Bonchev–Trinajstić information content (AvgIpc) is 2.48. The highest BCUT2D eigenvalue weighted by molar-refractivity contribution is 5.96. The van der Waals surface area contributed by atoms with Crippen LogP contribution in [0.25, 0.3) is 11.0 Å². The minimum Gasteiger partial charge on any atom is -0.325 e. The molecule has 0 radical (unpaired) electrons. The molecule has 2 aromatic rings. The van der Waals surface area contributed by atoms with Crippen molar-refractivity contribution in [3.63, 3.8) is 0 Å². The van der Waals surface area contributed by atoms with Gasteiger partial charge in [-0.1, -0.05) is 0 Å². The smallest absolute Gasteiger partial charge is 0.231 e. The third-order valence-corrected chi connectivity index (χ3v) is 3.87. The number of benzene rings is 1. The quantitative estimate of drug-likeness (QED) is 0.875. The summed E-state index contributed by atoms with van der Waals surface area (Å²) in [4.78, 5) is 20.9. The molecule has 0 spiro atoms. The fourth-order valence-corrected chi connectivity index (χ4v) is 2.57. The molecule has 20 heavy (non-hydrogen) atoms. The first kappa shape index (κ1) is 13.0. The summed E-state index contributed by atoms with van der Waals surface area (Å²) in [6, 6.07) is 5.60. The molecule has 3 rings (SSSR count). The molecule has 2 N–H and O–H groups in total. The molecular formula is C15H18N4O. The number of nitrogens with zero attached hydrogens (tertiary/aromatic N) is 2. The van der Waals surface area contributed by atoms with E-state index in [1.165, 1.54) is 0 Å². The number of fused-ring (bicyclic) bond motifs is 1. The lowest BCUT2D eigenvalue weighted by Crippen LogP contribution is -2.46. The lowest BCUT2D eigenvalue weighted by Gasteiger charge is -2.32. The van der Waals surface area contributed by atoms with Crippen LogP contribution in [0, 0.1) is 5.41 Å². The van der Waals surface area contributed by atoms with Gasteiger partial charge in [0.05, 0.1) is 16.4 Å². The number of carbonyl (C=O) groups excluding carboxylic acids is 1. The first-order chi connectivity index (χ1) is 9.67. The Kier molecular flexibility index (Phi) is 3.36. The number of hydrogen-bond donors (Lipinski definition) is 2. The van der Waals surface area contributed by atoms with Gasteiger partial charge in [0, 0.05) is 24.6 Å². The highest BCUT2D eigenvalue weighted by Gasteiger charge is 2.34. The summed E-state index contributed by atoms with van der Waals surface area (Å²) < 4.78 is 0. The summed E-state index contributed by atoms with van der Waals surface area (Å²) in [6.45, 7) is 3.73. The molecule has 1 saturated heterocycles. The Morgan fingerprint density at radius 2 is 2.10 bits per heavy atom. The molecule has 5 heteroatoms. The van der Waals surface area contributed by atoms with E-state index >= 15 is 0 Å². The monoisotopic (exact) mass is 270 g/mol. The molecule has 1 fully saturated rings. The maximum absolute atomic E-state index is 12.4. The van der Waals surface area contributed by atoms with Crippen LogP contribution >= 0.6 is 0 Å². The minimum atomic E-state index is -0.338. The van der Waals surface area contributed by atoms with E-state index in [9.17, 15) is 4.79 Å². The molecular weight excluding hydrogens is 252 g/mol. The Labute approximate surface area is 117 Å². The first-order valence-corrected chi connectivity index (χ1v) is 6.90. The Bertz CT molecular complexity index is 635. The van der Waals surface area contributed by atoms with Crippen molar-refractivity contribution in [1.82, 2.24) is 15.3 Å². The maximum atomic E-state index is 12.4. The van der Waals surface area contributed by atoms with Crippen molar-refractivity contribution < 1.29 is 4.79 Å². The number of nitrogens with one attached hydrogen (secondary N) is 2. The topological polar surface area (TPSA) is 66.9 Å². The predicted molar refractivity (Wildman–Crippen MR) is 78.4 cm³/mol. The molecule has 1 aromatic heterocycles. The summed E-state index contributed by atoms with van der Waals surface area (Å²) in [5.74, 6) is 0.0629. The van der Waals surface area contributed by atoms with Gasteiger partial charge in [-0.3, -0.25) is 14.8 Å². The first-order valence-electron chi connectivity index (χ1n) is 6.90. The summed E-state index contributed by atoms with van der Waals surface area (Å²) in [5.41, 5.74) is 2.05. The number of carbonyl (C=O) groups is 1. The van der Waals surface area contributed by atoms with Gasteiger partial charge in [0.25, 0.3) is 0 Å². The van der Waals surface area contributed by atoms with Crippen LogP contribution in [0.3, 0.4) is 0 Å². The molecule has 1 aromatic carbocycles. The average molecular weight is 270 g/mol. The van der Waals surface area contributed by atoms with E-state index in [0.717, 1.165) is 42.7 Å². The number of piperidine rings is 1. The predicted octanol–water partition coefficient (Wildman–Crippen LogP) is 1.96. The second-order valence-corrected chi connectivity index (χ2v) is 5.55. The van der Waals surface area contributed by atoms with Gasteiger partial charge < -0.3 is 10.6 Å². The van der Waals surface area contributed by atoms with E-state index in [1.54, 1.807) is 12.4 Å². The highest BCUT2D eigenvalue weighted by Crippen LogP contribution is 2.27. The summed E-state index contributed by atoms with van der Waals surface area (Å²) >= 11 is 0. The van der Waals surface area contributed by atoms with Crippen LogP contribution in [0.5, 0.6) is 0 Å².